The first-order chi connectivity index (χ1) is 23.3. The van der Waals surface area contributed by atoms with Gasteiger partial charge in [0.2, 0.25) is 11.9 Å². The summed E-state index contributed by atoms with van der Waals surface area (Å²) in [6, 6.07) is 25.9. The number of fused-ring (bicyclic) bond motifs is 1. The average molecular weight is 644 g/mol. The summed E-state index contributed by atoms with van der Waals surface area (Å²) in [5, 5.41) is 5.91. The number of piperidine rings is 1. The van der Waals surface area contributed by atoms with Gasteiger partial charge in [0.05, 0.1) is 17.1 Å². The molecule has 0 atom stereocenters. The van der Waals surface area contributed by atoms with Crippen molar-refractivity contribution in [3.8, 4) is 22.6 Å². The van der Waals surface area contributed by atoms with E-state index in [0.717, 1.165) is 43.8 Å². The minimum Gasteiger partial charge on any atom is -0.343 e. The fraction of sp³-hybridized carbons (Fsp3) is 0.162. The maximum atomic E-state index is 14.3. The van der Waals surface area contributed by atoms with Crippen molar-refractivity contribution < 1.29 is 18.4 Å². The predicted octanol–water partition coefficient (Wildman–Crippen LogP) is 7.46. The van der Waals surface area contributed by atoms with Crippen LogP contribution in [0.2, 0.25) is 0 Å². The second-order valence-corrected chi connectivity index (χ2v) is 11.7. The second kappa shape index (κ2) is 13.0. The Morgan fingerprint density at radius 3 is 2.33 bits per heavy atom. The first-order valence-corrected chi connectivity index (χ1v) is 15.6. The third-order valence-corrected chi connectivity index (χ3v) is 8.59. The number of carbonyl (C=O) groups is 2. The van der Waals surface area contributed by atoms with E-state index in [1.807, 2.05) is 51.9 Å². The Labute approximate surface area is 275 Å². The lowest BCUT2D eigenvalue weighted by molar-refractivity contribution is -0.129. The number of imidazole rings is 1. The molecule has 0 unspecified atom stereocenters. The van der Waals surface area contributed by atoms with Crippen molar-refractivity contribution in [2.75, 3.05) is 23.7 Å². The van der Waals surface area contributed by atoms with Crippen molar-refractivity contribution >= 4 is 34.8 Å². The normalized spacial score (nSPS) is 13.4. The summed E-state index contributed by atoms with van der Waals surface area (Å²) < 4.78 is 30.5. The summed E-state index contributed by atoms with van der Waals surface area (Å²) in [6.07, 6.45) is 5.45. The topological polar surface area (TPSA) is 105 Å². The van der Waals surface area contributed by atoms with E-state index in [1.54, 1.807) is 37.4 Å². The zero-order chi connectivity index (χ0) is 33.2. The van der Waals surface area contributed by atoms with Crippen LogP contribution in [0.4, 0.5) is 26.1 Å². The van der Waals surface area contributed by atoms with Crippen molar-refractivity contribution in [1.82, 2.24) is 24.3 Å². The summed E-state index contributed by atoms with van der Waals surface area (Å²) >= 11 is 0. The Balaban J connectivity index is 1.15. The third kappa shape index (κ3) is 6.22. The predicted molar refractivity (Wildman–Crippen MR) is 180 cm³/mol. The fourth-order valence-electron chi connectivity index (χ4n) is 6.14. The zero-order valence-electron chi connectivity index (χ0n) is 26.0. The molecule has 3 aromatic heterocycles. The molecule has 0 aliphatic carbocycles. The summed E-state index contributed by atoms with van der Waals surface area (Å²) in [6.45, 7) is 3.17. The number of anilines is 3. The molecule has 0 saturated carbocycles. The SMILES string of the molecule is CC(=O)N1CCC(c2ccc(Nc3nccc(-c4c(-c5cccc(NC(=O)c6c(F)cccc6F)c5)nc5ccccn45)n3)cc2)CC1. The van der Waals surface area contributed by atoms with Crippen molar-refractivity contribution in [2.24, 2.45) is 0 Å². The van der Waals surface area contributed by atoms with Gasteiger partial charge in [-0.05, 0) is 78.9 Å². The van der Waals surface area contributed by atoms with E-state index in [4.69, 9.17) is 9.97 Å². The van der Waals surface area contributed by atoms with Crippen LogP contribution < -0.4 is 10.6 Å². The molecule has 3 aromatic carbocycles. The van der Waals surface area contributed by atoms with Crippen LogP contribution in [0.15, 0.2) is 103 Å². The van der Waals surface area contributed by atoms with Gasteiger partial charge in [-0.1, -0.05) is 36.4 Å². The van der Waals surface area contributed by atoms with E-state index in [0.29, 0.717) is 45.8 Å². The standard InChI is InChI=1S/C37H31F2N7O2/c1-23(47)45-20-16-25(17-21-45)24-11-13-27(14-12-24)42-37-40-18-15-31(43-37)35-34(44-32-10-2-3-19-46(32)35)26-6-4-7-28(22-26)41-36(48)33-29(38)8-5-9-30(33)39/h2-15,18-19,22,25H,16-17,20-21H2,1H3,(H,41,48)(H,40,42,43). The van der Waals surface area contributed by atoms with Crippen molar-refractivity contribution in [3.63, 3.8) is 0 Å². The molecule has 1 fully saturated rings. The van der Waals surface area contributed by atoms with E-state index in [-0.39, 0.29) is 5.91 Å². The third-order valence-electron chi connectivity index (χ3n) is 8.59. The first-order valence-electron chi connectivity index (χ1n) is 15.6. The number of pyridine rings is 1. The molecular formula is C37H31F2N7O2. The molecular weight excluding hydrogens is 612 g/mol. The lowest BCUT2D eigenvalue weighted by atomic mass is 9.89. The van der Waals surface area contributed by atoms with Crippen LogP contribution in [0.3, 0.4) is 0 Å². The number of hydrogen-bond acceptors (Lipinski definition) is 6. The highest BCUT2D eigenvalue weighted by atomic mass is 19.1. The number of nitrogens with zero attached hydrogens (tertiary/aromatic N) is 5. The summed E-state index contributed by atoms with van der Waals surface area (Å²) in [5.74, 6) is -1.84. The summed E-state index contributed by atoms with van der Waals surface area (Å²) in [4.78, 5) is 40.6. The highest BCUT2D eigenvalue weighted by molar-refractivity contribution is 6.05. The molecule has 4 heterocycles. The van der Waals surface area contributed by atoms with Crippen LogP contribution in [0.25, 0.3) is 28.3 Å². The minimum absolute atomic E-state index is 0.128. The van der Waals surface area contributed by atoms with E-state index in [2.05, 4.69) is 27.8 Å². The van der Waals surface area contributed by atoms with Crippen molar-refractivity contribution in [2.45, 2.75) is 25.7 Å². The Kier molecular flexibility index (Phi) is 8.33. The second-order valence-electron chi connectivity index (χ2n) is 11.7. The monoisotopic (exact) mass is 643 g/mol. The molecule has 240 valence electrons. The number of amides is 2. The van der Waals surface area contributed by atoms with Crippen molar-refractivity contribution in [3.05, 3.63) is 126 Å². The van der Waals surface area contributed by atoms with Gasteiger partial charge in [-0.3, -0.25) is 14.0 Å². The van der Waals surface area contributed by atoms with Crippen LogP contribution in [-0.4, -0.2) is 49.2 Å². The van der Waals surface area contributed by atoms with Gasteiger partial charge in [0.1, 0.15) is 22.8 Å². The van der Waals surface area contributed by atoms with Gasteiger partial charge in [0.15, 0.2) is 0 Å². The van der Waals surface area contributed by atoms with Crippen LogP contribution in [0, 0.1) is 11.6 Å². The quantitative estimate of drug-likeness (QED) is 0.187. The number of hydrogen-bond donors (Lipinski definition) is 2. The van der Waals surface area contributed by atoms with Gasteiger partial charge in [-0.2, -0.15) is 0 Å². The Bertz CT molecular complexity index is 2120. The summed E-state index contributed by atoms with van der Waals surface area (Å²) in [7, 11) is 0. The summed E-state index contributed by atoms with van der Waals surface area (Å²) in [5.41, 5.74) is 5.03. The Morgan fingerprint density at radius 2 is 1.58 bits per heavy atom. The fourth-order valence-corrected chi connectivity index (χ4v) is 6.14. The van der Waals surface area contributed by atoms with E-state index in [1.165, 1.54) is 11.6 Å². The van der Waals surface area contributed by atoms with E-state index >= 15 is 0 Å². The molecule has 0 radical (unpaired) electrons. The minimum atomic E-state index is -0.943. The van der Waals surface area contributed by atoms with Crippen LogP contribution in [0.5, 0.6) is 0 Å². The van der Waals surface area contributed by atoms with Gasteiger partial charge in [-0.25, -0.2) is 23.7 Å². The molecule has 6 aromatic rings. The smallest absolute Gasteiger partial charge is 0.261 e. The van der Waals surface area contributed by atoms with Crippen molar-refractivity contribution in [1.29, 1.82) is 0 Å². The molecule has 0 bridgehead atoms. The Morgan fingerprint density at radius 1 is 0.833 bits per heavy atom. The molecule has 48 heavy (non-hydrogen) atoms. The highest BCUT2D eigenvalue weighted by Crippen LogP contribution is 2.34. The molecule has 11 heteroatoms. The average Bonchev–Trinajstić information content (AvgIpc) is 3.49. The number of rotatable bonds is 7. The Hall–Kier alpha value is -5.97. The van der Waals surface area contributed by atoms with Gasteiger partial charge < -0.3 is 15.5 Å². The first kappa shape index (κ1) is 30.7. The van der Waals surface area contributed by atoms with Crippen LogP contribution in [0.1, 0.15) is 41.6 Å². The maximum absolute atomic E-state index is 14.3. The number of halogens is 2. The lowest BCUT2D eigenvalue weighted by Crippen LogP contribution is -2.36. The largest absolute Gasteiger partial charge is 0.343 e. The number of likely N-dealkylation sites (tertiary alicyclic amines) is 1. The molecule has 1 aliphatic heterocycles. The number of benzene rings is 3. The molecule has 2 N–H and O–H groups in total. The molecule has 0 spiro atoms. The zero-order valence-corrected chi connectivity index (χ0v) is 26.0. The van der Waals surface area contributed by atoms with Crippen LogP contribution in [-0.2, 0) is 4.79 Å². The van der Waals surface area contributed by atoms with Gasteiger partial charge >= 0.3 is 0 Å². The number of nitrogens with one attached hydrogen (secondary N) is 2. The van der Waals surface area contributed by atoms with Gasteiger partial charge in [0, 0.05) is 49.3 Å². The maximum Gasteiger partial charge on any atom is 0.261 e. The number of aromatic nitrogens is 4. The van der Waals surface area contributed by atoms with Gasteiger partial charge in [0.25, 0.3) is 5.91 Å². The lowest BCUT2D eigenvalue weighted by Gasteiger charge is -2.31. The molecule has 2 amide bonds. The molecule has 7 rings (SSSR count). The van der Waals surface area contributed by atoms with Crippen LogP contribution >= 0.6 is 0 Å². The van der Waals surface area contributed by atoms with E-state index < -0.39 is 23.1 Å². The molecule has 1 saturated heterocycles. The van der Waals surface area contributed by atoms with E-state index in [9.17, 15) is 18.4 Å². The molecule has 1 aliphatic rings. The molecule has 9 nitrogen and oxygen atoms in total. The highest BCUT2D eigenvalue weighted by Gasteiger charge is 2.23. The van der Waals surface area contributed by atoms with Gasteiger partial charge in [-0.15, -0.1) is 0 Å². The number of carbonyl (C=O) groups excluding carboxylic acids is 2.